The fourth-order valence-corrected chi connectivity index (χ4v) is 4.83. The van der Waals surface area contributed by atoms with Crippen molar-refractivity contribution in [3.63, 3.8) is 0 Å². The van der Waals surface area contributed by atoms with Crippen LogP contribution in [0.3, 0.4) is 0 Å². The molecule has 0 aliphatic carbocycles. The SMILES string of the molecule is C=Cc1[nH]c2ccccc2c1C(CNS(=O)(=O)c1ccc(C)cc1)c1ccccc1. The normalized spacial score (nSPS) is 12.7. The lowest BCUT2D eigenvalue weighted by Crippen LogP contribution is -2.29. The predicted octanol–water partition coefficient (Wildman–Crippen LogP) is 5.23. The highest BCUT2D eigenvalue weighted by Gasteiger charge is 2.24. The molecular weight excluding hydrogens is 392 g/mol. The lowest BCUT2D eigenvalue weighted by atomic mass is 9.89. The number of para-hydroxylation sites is 1. The average Bonchev–Trinajstić information content (AvgIpc) is 3.14. The number of hydrogen-bond donors (Lipinski definition) is 2. The van der Waals surface area contributed by atoms with E-state index in [1.165, 1.54) is 0 Å². The summed E-state index contributed by atoms with van der Waals surface area (Å²) in [7, 11) is -3.63. The van der Waals surface area contributed by atoms with Crippen molar-refractivity contribution in [2.45, 2.75) is 17.7 Å². The molecule has 4 rings (SSSR count). The van der Waals surface area contributed by atoms with Crippen molar-refractivity contribution in [3.8, 4) is 0 Å². The number of hydrogen-bond acceptors (Lipinski definition) is 2. The van der Waals surface area contributed by atoms with E-state index in [9.17, 15) is 8.42 Å². The number of aromatic nitrogens is 1. The second kappa shape index (κ2) is 8.30. The fraction of sp³-hybridized carbons (Fsp3) is 0.120. The Morgan fingerprint density at radius 1 is 0.967 bits per heavy atom. The van der Waals surface area contributed by atoms with Crippen molar-refractivity contribution in [2.24, 2.45) is 0 Å². The van der Waals surface area contributed by atoms with Gasteiger partial charge in [0.15, 0.2) is 0 Å². The van der Waals surface area contributed by atoms with Gasteiger partial charge in [-0.3, -0.25) is 0 Å². The Morgan fingerprint density at radius 3 is 2.33 bits per heavy atom. The van der Waals surface area contributed by atoms with Crippen molar-refractivity contribution in [1.29, 1.82) is 0 Å². The van der Waals surface area contributed by atoms with Crippen molar-refractivity contribution in [1.82, 2.24) is 9.71 Å². The smallest absolute Gasteiger partial charge is 0.240 e. The molecular formula is C25H24N2O2S. The summed E-state index contributed by atoms with van der Waals surface area (Å²) in [4.78, 5) is 3.67. The molecule has 0 saturated carbocycles. The third-order valence-electron chi connectivity index (χ3n) is 5.34. The third-order valence-corrected chi connectivity index (χ3v) is 6.78. The molecule has 1 atom stereocenters. The lowest BCUT2D eigenvalue weighted by Gasteiger charge is -2.19. The number of aryl methyl sites for hydroxylation is 1. The molecule has 0 aliphatic heterocycles. The minimum atomic E-state index is -3.63. The Morgan fingerprint density at radius 2 is 1.63 bits per heavy atom. The Hall–Kier alpha value is -3.15. The van der Waals surface area contributed by atoms with Crippen LogP contribution in [0.2, 0.25) is 0 Å². The van der Waals surface area contributed by atoms with E-state index in [-0.39, 0.29) is 17.4 Å². The van der Waals surface area contributed by atoms with E-state index in [2.05, 4.69) is 22.4 Å². The topological polar surface area (TPSA) is 62.0 Å². The number of sulfonamides is 1. The zero-order valence-electron chi connectivity index (χ0n) is 16.8. The van der Waals surface area contributed by atoms with E-state index in [1.807, 2.05) is 55.5 Å². The quantitative estimate of drug-likeness (QED) is 0.433. The van der Waals surface area contributed by atoms with Gasteiger partial charge in [-0.25, -0.2) is 13.1 Å². The van der Waals surface area contributed by atoms with Crippen LogP contribution >= 0.6 is 0 Å². The molecule has 0 amide bonds. The second-order valence-electron chi connectivity index (χ2n) is 7.33. The first kappa shape index (κ1) is 20.1. The summed E-state index contributed by atoms with van der Waals surface area (Å²) in [6, 6.07) is 24.9. The monoisotopic (exact) mass is 416 g/mol. The van der Waals surface area contributed by atoms with Crippen LogP contribution in [0.15, 0.2) is 90.3 Å². The number of nitrogens with one attached hydrogen (secondary N) is 2. The summed E-state index contributed by atoms with van der Waals surface area (Å²) in [6.45, 7) is 6.13. The van der Waals surface area contributed by atoms with Crippen LogP contribution in [0.25, 0.3) is 17.0 Å². The first-order valence-corrected chi connectivity index (χ1v) is 11.3. The lowest BCUT2D eigenvalue weighted by molar-refractivity contribution is 0.577. The summed E-state index contributed by atoms with van der Waals surface area (Å²) >= 11 is 0. The molecule has 0 aliphatic rings. The summed E-state index contributed by atoms with van der Waals surface area (Å²) < 4.78 is 28.7. The Bertz CT molecular complexity index is 1270. The zero-order chi connectivity index (χ0) is 21.1. The molecule has 0 fully saturated rings. The highest BCUT2D eigenvalue weighted by atomic mass is 32.2. The molecule has 4 aromatic rings. The number of benzene rings is 3. The Kier molecular flexibility index (Phi) is 5.57. The molecule has 1 unspecified atom stereocenters. The average molecular weight is 417 g/mol. The van der Waals surface area contributed by atoms with Gasteiger partial charge in [0.05, 0.1) is 4.90 Å². The van der Waals surface area contributed by atoms with Gasteiger partial charge in [-0.15, -0.1) is 0 Å². The molecule has 0 bridgehead atoms. The maximum atomic E-state index is 12.9. The molecule has 5 heteroatoms. The minimum Gasteiger partial charge on any atom is -0.355 e. The summed E-state index contributed by atoms with van der Waals surface area (Å²) in [5, 5.41) is 1.07. The van der Waals surface area contributed by atoms with Gasteiger partial charge in [0, 0.05) is 29.1 Å². The van der Waals surface area contributed by atoms with Gasteiger partial charge in [0.25, 0.3) is 0 Å². The summed E-state index contributed by atoms with van der Waals surface area (Å²) in [6.07, 6.45) is 1.79. The number of fused-ring (bicyclic) bond motifs is 1. The van der Waals surface area contributed by atoms with Gasteiger partial charge in [-0.2, -0.15) is 0 Å². The van der Waals surface area contributed by atoms with Gasteiger partial charge < -0.3 is 4.98 Å². The van der Waals surface area contributed by atoms with Crippen LogP contribution in [0, 0.1) is 6.92 Å². The van der Waals surface area contributed by atoms with E-state index in [4.69, 9.17) is 0 Å². The van der Waals surface area contributed by atoms with Crippen molar-refractivity contribution >= 4 is 27.0 Å². The molecule has 0 radical (unpaired) electrons. The zero-order valence-corrected chi connectivity index (χ0v) is 17.6. The Labute approximate surface area is 177 Å². The standard InChI is InChI=1S/C25H24N2O2S/c1-3-23-25(21-11-7-8-12-24(21)27-23)22(19-9-5-4-6-10-19)17-26-30(28,29)20-15-13-18(2)14-16-20/h3-16,22,26-27H,1,17H2,2H3. The molecule has 0 saturated heterocycles. The second-order valence-corrected chi connectivity index (χ2v) is 9.10. The molecule has 2 N–H and O–H groups in total. The van der Waals surface area contributed by atoms with Gasteiger partial charge in [-0.05, 0) is 42.3 Å². The van der Waals surface area contributed by atoms with Crippen LogP contribution in [0.4, 0.5) is 0 Å². The summed E-state index contributed by atoms with van der Waals surface area (Å²) in [5.74, 6) is -0.171. The van der Waals surface area contributed by atoms with Crippen LogP contribution in [0.5, 0.6) is 0 Å². The first-order chi connectivity index (χ1) is 14.5. The largest absolute Gasteiger partial charge is 0.355 e. The third kappa shape index (κ3) is 3.95. The van der Waals surface area contributed by atoms with E-state index in [0.29, 0.717) is 0 Å². The molecule has 1 aromatic heterocycles. The molecule has 1 heterocycles. The molecule has 152 valence electrons. The van der Waals surface area contributed by atoms with Crippen molar-refractivity contribution < 1.29 is 8.42 Å². The molecule has 30 heavy (non-hydrogen) atoms. The van der Waals surface area contributed by atoms with Crippen molar-refractivity contribution in [3.05, 3.63) is 108 Å². The maximum absolute atomic E-state index is 12.9. The molecule has 0 spiro atoms. The molecule has 3 aromatic carbocycles. The molecule has 4 nitrogen and oxygen atoms in total. The minimum absolute atomic E-state index is 0.171. The van der Waals surface area contributed by atoms with Crippen LogP contribution in [-0.2, 0) is 10.0 Å². The number of H-pyrrole nitrogens is 1. The van der Waals surface area contributed by atoms with Crippen LogP contribution in [-0.4, -0.2) is 19.9 Å². The summed E-state index contributed by atoms with van der Waals surface area (Å²) in [5.41, 5.74) is 5.00. The van der Waals surface area contributed by atoms with Gasteiger partial charge >= 0.3 is 0 Å². The Balaban J connectivity index is 1.76. The number of aromatic amines is 1. The van der Waals surface area contributed by atoms with Gasteiger partial charge in [-0.1, -0.05) is 72.8 Å². The van der Waals surface area contributed by atoms with Gasteiger partial charge in [0.2, 0.25) is 10.0 Å². The van der Waals surface area contributed by atoms with Gasteiger partial charge in [0.1, 0.15) is 0 Å². The highest BCUT2D eigenvalue weighted by Crippen LogP contribution is 2.34. The first-order valence-electron chi connectivity index (χ1n) is 9.84. The van der Waals surface area contributed by atoms with E-state index in [1.54, 1.807) is 30.3 Å². The van der Waals surface area contributed by atoms with Crippen molar-refractivity contribution in [2.75, 3.05) is 6.54 Å². The van der Waals surface area contributed by atoms with E-state index in [0.717, 1.165) is 33.3 Å². The highest BCUT2D eigenvalue weighted by molar-refractivity contribution is 7.89. The van der Waals surface area contributed by atoms with E-state index < -0.39 is 10.0 Å². The van der Waals surface area contributed by atoms with E-state index >= 15 is 0 Å². The fourth-order valence-electron chi connectivity index (χ4n) is 3.79. The maximum Gasteiger partial charge on any atom is 0.240 e. The van der Waals surface area contributed by atoms with Crippen LogP contribution < -0.4 is 4.72 Å². The van der Waals surface area contributed by atoms with Crippen LogP contribution in [0.1, 0.15) is 28.3 Å². The predicted molar refractivity (Wildman–Crippen MR) is 123 cm³/mol. The number of rotatable bonds is 7.